The molecule has 0 atom stereocenters. The van der Waals surface area contributed by atoms with Gasteiger partial charge in [-0.15, -0.1) is 0 Å². The third-order valence-electron chi connectivity index (χ3n) is 3.42. The molecule has 0 unspecified atom stereocenters. The molecule has 0 aliphatic carbocycles. The van der Waals surface area contributed by atoms with Gasteiger partial charge in [-0.25, -0.2) is 4.98 Å². The van der Waals surface area contributed by atoms with Crippen LogP contribution in [-0.4, -0.2) is 39.7 Å². The van der Waals surface area contributed by atoms with Crippen LogP contribution < -0.4 is 15.4 Å². The smallest absolute Gasteiger partial charge is 0.322 e. The first-order chi connectivity index (χ1) is 12.6. The average molecular weight is 351 g/mol. The Kier molecular flexibility index (Phi) is 5.23. The number of methoxy groups -OCH3 is 1. The molecular weight excluding hydrogens is 334 g/mol. The molecule has 0 fully saturated rings. The van der Waals surface area contributed by atoms with Crippen molar-refractivity contribution < 1.29 is 14.6 Å². The van der Waals surface area contributed by atoms with Crippen molar-refractivity contribution >= 4 is 23.4 Å². The van der Waals surface area contributed by atoms with Gasteiger partial charge in [-0.1, -0.05) is 6.07 Å². The first kappa shape index (κ1) is 17.2. The van der Waals surface area contributed by atoms with Crippen LogP contribution in [0.1, 0.15) is 0 Å². The molecule has 26 heavy (non-hydrogen) atoms. The van der Waals surface area contributed by atoms with E-state index in [1.807, 2.05) is 30.3 Å². The molecule has 1 aromatic carbocycles. The number of anilines is 3. The zero-order valence-electron chi connectivity index (χ0n) is 14.0. The van der Waals surface area contributed by atoms with Crippen LogP contribution in [0.3, 0.4) is 0 Å². The summed E-state index contributed by atoms with van der Waals surface area (Å²) in [5.41, 5.74) is 2.19. The fraction of sp³-hybridized carbons (Fsp3) is 0.111. The van der Waals surface area contributed by atoms with E-state index >= 15 is 0 Å². The largest absolute Gasteiger partial charge is 0.497 e. The third kappa shape index (κ3) is 4.44. The minimum Gasteiger partial charge on any atom is -0.497 e. The van der Waals surface area contributed by atoms with E-state index in [0.717, 1.165) is 11.3 Å². The number of benzene rings is 1. The first-order valence-electron chi connectivity index (χ1n) is 7.80. The molecule has 0 saturated heterocycles. The fourth-order valence-electron chi connectivity index (χ4n) is 2.26. The number of hydrogen-bond acceptors (Lipinski definition) is 7. The molecule has 8 heteroatoms. The number of aliphatic carboxylic acids is 1. The van der Waals surface area contributed by atoms with Gasteiger partial charge in [0.2, 0.25) is 5.95 Å². The summed E-state index contributed by atoms with van der Waals surface area (Å²) in [6, 6.07) is 12.8. The second kappa shape index (κ2) is 7.93. The van der Waals surface area contributed by atoms with Crippen molar-refractivity contribution in [2.24, 2.45) is 0 Å². The normalized spacial score (nSPS) is 10.2. The Bertz CT molecular complexity index is 902. The van der Waals surface area contributed by atoms with Crippen molar-refractivity contribution in [2.45, 2.75) is 0 Å². The molecule has 3 aromatic rings. The Morgan fingerprint density at radius 1 is 1.19 bits per heavy atom. The molecule has 132 valence electrons. The molecule has 0 bridgehead atoms. The predicted octanol–water partition coefficient (Wildman–Crippen LogP) is 2.79. The maximum absolute atomic E-state index is 10.8. The third-order valence-corrected chi connectivity index (χ3v) is 3.42. The van der Waals surface area contributed by atoms with E-state index in [1.54, 1.807) is 31.6 Å². The monoisotopic (exact) mass is 351 g/mol. The second-order valence-corrected chi connectivity index (χ2v) is 5.31. The molecular formula is C18H17N5O3. The summed E-state index contributed by atoms with van der Waals surface area (Å²) in [6.45, 7) is -0.283. The van der Waals surface area contributed by atoms with Crippen molar-refractivity contribution in [3.8, 4) is 17.0 Å². The van der Waals surface area contributed by atoms with Crippen LogP contribution in [0.4, 0.5) is 17.5 Å². The number of aromatic nitrogens is 3. The highest BCUT2D eigenvalue weighted by molar-refractivity contribution is 5.73. The van der Waals surface area contributed by atoms with Crippen LogP contribution in [0, 0.1) is 0 Å². The topological polar surface area (TPSA) is 109 Å². The van der Waals surface area contributed by atoms with Gasteiger partial charge < -0.3 is 20.5 Å². The van der Waals surface area contributed by atoms with Crippen molar-refractivity contribution in [1.29, 1.82) is 0 Å². The highest BCUT2D eigenvalue weighted by atomic mass is 16.5. The Hall–Kier alpha value is -3.68. The predicted molar refractivity (Wildman–Crippen MR) is 97.7 cm³/mol. The van der Waals surface area contributed by atoms with Crippen LogP contribution in [0.15, 0.2) is 54.9 Å². The lowest BCUT2D eigenvalue weighted by Crippen LogP contribution is -2.15. The maximum Gasteiger partial charge on any atom is 0.322 e. The number of hydrogen-bond donors (Lipinski definition) is 3. The van der Waals surface area contributed by atoms with Gasteiger partial charge in [0.05, 0.1) is 12.8 Å². The fourth-order valence-corrected chi connectivity index (χ4v) is 2.26. The van der Waals surface area contributed by atoms with Crippen LogP contribution in [0.2, 0.25) is 0 Å². The lowest BCUT2D eigenvalue weighted by molar-refractivity contribution is -0.134. The van der Waals surface area contributed by atoms with Gasteiger partial charge in [-0.3, -0.25) is 9.78 Å². The maximum atomic E-state index is 10.8. The van der Waals surface area contributed by atoms with E-state index in [0.29, 0.717) is 17.3 Å². The van der Waals surface area contributed by atoms with E-state index in [4.69, 9.17) is 9.84 Å². The molecule has 0 spiro atoms. The van der Waals surface area contributed by atoms with E-state index in [9.17, 15) is 4.79 Å². The molecule has 3 rings (SSSR count). The summed E-state index contributed by atoms with van der Waals surface area (Å²) in [5.74, 6) is 0.433. The number of nitrogens with one attached hydrogen (secondary N) is 2. The van der Waals surface area contributed by atoms with Crippen molar-refractivity contribution in [3.63, 3.8) is 0 Å². The Labute approximate surface area is 149 Å². The lowest BCUT2D eigenvalue weighted by atomic mass is 10.2. The molecule has 0 saturated carbocycles. The Balaban J connectivity index is 1.94. The summed E-state index contributed by atoms with van der Waals surface area (Å²) in [6.07, 6.45) is 3.35. The Morgan fingerprint density at radius 3 is 2.81 bits per heavy atom. The Morgan fingerprint density at radius 2 is 2.08 bits per heavy atom. The van der Waals surface area contributed by atoms with Crippen LogP contribution in [0.25, 0.3) is 11.3 Å². The summed E-state index contributed by atoms with van der Waals surface area (Å²) in [7, 11) is 1.60. The molecule has 2 heterocycles. The van der Waals surface area contributed by atoms with Crippen LogP contribution in [0.5, 0.6) is 5.75 Å². The number of pyridine rings is 1. The van der Waals surface area contributed by atoms with E-state index in [2.05, 4.69) is 25.6 Å². The highest BCUT2D eigenvalue weighted by Gasteiger charge is 2.09. The quantitative estimate of drug-likeness (QED) is 0.596. The van der Waals surface area contributed by atoms with Gasteiger partial charge in [0.1, 0.15) is 18.1 Å². The number of nitrogens with zero attached hydrogens (tertiary/aromatic N) is 3. The molecule has 3 N–H and O–H groups in total. The molecule has 0 radical (unpaired) electrons. The van der Waals surface area contributed by atoms with Gasteiger partial charge in [0.25, 0.3) is 0 Å². The number of carboxylic acids is 1. The van der Waals surface area contributed by atoms with Gasteiger partial charge in [0, 0.05) is 35.8 Å². The summed E-state index contributed by atoms with van der Waals surface area (Å²) in [4.78, 5) is 23.6. The number of ether oxygens (including phenoxy) is 1. The molecule has 0 amide bonds. The number of carbonyl (C=O) groups is 1. The van der Waals surface area contributed by atoms with Gasteiger partial charge in [-0.2, -0.15) is 4.98 Å². The summed E-state index contributed by atoms with van der Waals surface area (Å²) in [5, 5.41) is 14.7. The molecule has 8 nitrogen and oxygen atoms in total. The minimum atomic E-state index is -0.998. The van der Waals surface area contributed by atoms with E-state index in [-0.39, 0.29) is 12.5 Å². The second-order valence-electron chi connectivity index (χ2n) is 5.31. The number of rotatable bonds is 7. The van der Waals surface area contributed by atoms with Crippen molar-refractivity contribution in [2.75, 3.05) is 24.3 Å². The number of carboxylic acid groups (broad SMARTS) is 1. The van der Waals surface area contributed by atoms with Gasteiger partial charge in [-0.05, 0) is 24.3 Å². The lowest BCUT2D eigenvalue weighted by Gasteiger charge is -2.11. The summed E-state index contributed by atoms with van der Waals surface area (Å²) < 4.78 is 5.22. The zero-order chi connectivity index (χ0) is 18.4. The van der Waals surface area contributed by atoms with Crippen molar-refractivity contribution in [1.82, 2.24) is 15.0 Å². The van der Waals surface area contributed by atoms with E-state index < -0.39 is 5.97 Å². The molecule has 0 aliphatic heterocycles. The molecule has 2 aromatic heterocycles. The van der Waals surface area contributed by atoms with Crippen LogP contribution in [-0.2, 0) is 4.79 Å². The van der Waals surface area contributed by atoms with Crippen molar-refractivity contribution in [3.05, 3.63) is 54.9 Å². The van der Waals surface area contributed by atoms with Gasteiger partial charge >= 0.3 is 5.97 Å². The standard InChI is InChI=1S/C18H17N5O3/c1-26-14-6-2-5-13(8-14)21-16-9-15(12-4-3-7-19-10-12)22-18(23-16)20-11-17(24)25/h2-10H,11H2,1H3,(H,24,25)(H2,20,21,22,23). The highest BCUT2D eigenvalue weighted by Crippen LogP contribution is 2.24. The minimum absolute atomic E-state index is 0.208. The first-order valence-corrected chi connectivity index (χ1v) is 7.80. The van der Waals surface area contributed by atoms with E-state index in [1.165, 1.54) is 0 Å². The van der Waals surface area contributed by atoms with Gasteiger partial charge in [0.15, 0.2) is 0 Å². The van der Waals surface area contributed by atoms with Crippen LogP contribution >= 0.6 is 0 Å². The average Bonchev–Trinajstić information content (AvgIpc) is 2.67. The SMILES string of the molecule is COc1cccc(Nc2cc(-c3cccnc3)nc(NCC(=O)O)n2)c1. The summed E-state index contributed by atoms with van der Waals surface area (Å²) >= 11 is 0. The molecule has 0 aliphatic rings. The zero-order valence-corrected chi connectivity index (χ0v) is 14.0.